The van der Waals surface area contributed by atoms with Crippen LogP contribution < -0.4 is 0 Å². The third-order valence-electron chi connectivity index (χ3n) is 3.29. The molecule has 0 atom stereocenters. The fourth-order valence-electron chi connectivity index (χ4n) is 2.10. The van der Waals surface area contributed by atoms with Gasteiger partial charge in [-0.3, -0.25) is 0 Å². The molecule has 122 valence electrons. The Labute approximate surface area is 139 Å². The van der Waals surface area contributed by atoms with Crippen molar-refractivity contribution >= 4 is 23.5 Å². The molecule has 6 heteroatoms. The fourth-order valence-corrected chi connectivity index (χ4v) is 2.82. The quantitative estimate of drug-likeness (QED) is 0.518. The molecule has 0 saturated carbocycles. The predicted molar refractivity (Wildman–Crippen MR) is 87.9 cm³/mol. The second-order valence-corrected chi connectivity index (χ2v) is 5.92. The van der Waals surface area contributed by atoms with Gasteiger partial charge in [0.1, 0.15) is 10.8 Å². The predicted octanol–water partition coefficient (Wildman–Crippen LogP) is 6.14. The van der Waals surface area contributed by atoms with Gasteiger partial charge < -0.3 is 0 Å². The van der Waals surface area contributed by atoms with Crippen LogP contribution in [0.4, 0.5) is 17.6 Å². The topological polar surface area (TPSA) is 12.9 Å². The lowest BCUT2D eigenvalue weighted by Gasteiger charge is -2.06. The zero-order valence-corrected chi connectivity index (χ0v) is 13.0. The van der Waals surface area contributed by atoms with Crippen LogP contribution in [0, 0.1) is 5.82 Å². The molecule has 24 heavy (non-hydrogen) atoms. The molecular formula is C18H11F4NS. The summed E-state index contributed by atoms with van der Waals surface area (Å²) in [5.74, 6) is -0.321. The van der Waals surface area contributed by atoms with Gasteiger partial charge in [0.25, 0.3) is 0 Å². The molecular weight excluding hydrogens is 338 g/mol. The van der Waals surface area contributed by atoms with Crippen LogP contribution in [-0.4, -0.2) is 4.98 Å². The molecule has 1 heterocycles. The minimum atomic E-state index is -4.36. The number of hydrogen-bond acceptors (Lipinski definition) is 2. The molecule has 0 spiro atoms. The van der Waals surface area contributed by atoms with Gasteiger partial charge in [-0.1, -0.05) is 18.2 Å². The molecule has 1 nitrogen and oxygen atoms in total. The number of benzene rings is 2. The maximum Gasteiger partial charge on any atom is 0.416 e. The fraction of sp³-hybridized carbons (Fsp3) is 0.0556. The number of halogens is 4. The first-order valence-electron chi connectivity index (χ1n) is 6.99. The van der Waals surface area contributed by atoms with Crippen molar-refractivity contribution in [3.05, 3.63) is 75.9 Å². The van der Waals surface area contributed by atoms with Gasteiger partial charge >= 0.3 is 6.18 Å². The number of nitrogens with zero attached hydrogens (tertiary/aromatic N) is 1. The van der Waals surface area contributed by atoms with E-state index in [9.17, 15) is 17.6 Å². The lowest BCUT2D eigenvalue weighted by Crippen LogP contribution is -2.04. The first-order chi connectivity index (χ1) is 11.4. The van der Waals surface area contributed by atoms with E-state index in [0.29, 0.717) is 16.3 Å². The summed E-state index contributed by atoms with van der Waals surface area (Å²) in [6, 6.07) is 11.1. The van der Waals surface area contributed by atoms with Crippen LogP contribution in [0.2, 0.25) is 0 Å². The number of thiazole rings is 1. The molecule has 0 bridgehead atoms. The van der Waals surface area contributed by atoms with Crippen LogP contribution in [-0.2, 0) is 6.18 Å². The second kappa shape index (κ2) is 6.57. The number of aromatic nitrogens is 1. The number of alkyl halides is 3. The molecule has 3 aromatic rings. The summed E-state index contributed by atoms with van der Waals surface area (Å²) in [5.41, 5.74) is 1.24. The van der Waals surface area contributed by atoms with Gasteiger partial charge in [-0.2, -0.15) is 13.2 Å². The summed E-state index contributed by atoms with van der Waals surface area (Å²) < 4.78 is 51.0. The zero-order chi connectivity index (χ0) is 17.2. The van der Waals surface area contributed by atoms with Crippen molar-refractivity contribution < 1.29 is 17.6 Å². The monoisotopic (exact) mass is 349 g/mol. The molecule has 3 rings (SSSR count). The van der Waals surface area contributed by atoms with Crippen LogP contribution in [0.3, 0.4) is 0 Å². The Bertz CT molecular complexity index is 863. The Morgan fingerprint density at radius 3 is 2.42 bits per heavy atom. The van der Waals surface area contributed by atoms with Crippen molar-refractivity contribution in [3.8, 4) is 11.3 Å². The van der Waals surface area contributed by atoms with Crippen molar-refractivity contribution in [3.63, 3.8) is 0 Å². The maximum absolute atomic E-state index is 12.9. The van der Waals surface area contributed by atoms with Gasteiger partial charge in [0, 0.05) is 10.9 Å². The highest BCUT2D eigenvalue weighted by molar-refractivity contribution is 7.10. The summed E-state index contributed by atoms with van der Waals surface area (Å²) in [6.45, 7) is 0. The number of rotatable bonds is 3. The zero-order valence-electron chi connectivity index (χ0n) is 12.2. The molecule has 2 aromatic carbocycles. The maximum atomic E-state index is 12.9. The van der Waals surface area contributed by atoms with Crippen molar-refractivity contribution in [1.29, 1.82) is 0 Å². The van der Waals surface area contributed by atoms with Gasteiger partial charge in [0.2, 0.25) is 0 Å². The van der Waals surface area contributed by atoms with E-state index in [1.165, 1.54) is 29.5 Å². The molecule has 0 amide bonds. The van der Waals surface area contributed by atoms with E-state index in [-0.39, 0.29) is 5.82 Å². The number of hydrogen-bond donors (Lipinski definition) is 0. The molecule has 0 N–H and O–H groups in total. The van der Waals surface area contributed by atoms with E-state index in [0.717, 1.165) is 17.7 Å². The Morgan fingerprint density at radius 1 is 0.958 bits per heavy atom. The summed E-state index contributed by atoms with van der Waals surface area (Å²) in [7, 11) is 0. The third-order valence-corrected chi connectivity index (χ3v) is 4.10. The molecule has 0 fully saturated rings. The molecule has 0 aliphatic carbocycles. The van der Waals surface area contributed by atoms with Gasteiger partial charge in [-0.25, -0.2) is 9.37 Å². The molecule has 0 saturated heterocycles. The highest BCUT2D eigenvalue weighted by atomic mass is 32.1. The van der Waals surface area contributed by atoms with Crippen molar-refractivity contribution in [1.82, 2.24) is 4.98 Å². The normalized spacial score (nSPS) is 12.0. The average molecular weight is 349 g/mol. The lowest BCUT2D eigenvalue weighted by molar-refractivity contribution is -0.137. The van der Waals surface area contributed by atoms with Crippen LogP contribution in [0.25, 0.3) is 23.4 Å². The second-order valence-electron chi connectivity index (χ2n) is 5.03. The van der Waals surface area contributed by atoms with Gasteiger partial charge in [-0.15, -0.1) is 11.3 Å². The van der Waals surface area contributed by atoms with Gasteiger partial charge in [-0.05, 0) is 48.0 Å². The van der Waals surface area contributed by atoms with E-state index in [1.54, 1.807) is 30.4 Å². The Balaban J connectivity index is 1.79. The highest BCUT2D eigenvalue weighted by Crippen LogP contribution is 2.30. The van der Waals surface area contributed by atoms with E-state index < -0.39 is 11.7 Å². The summed E-state index contributed by atoms with van der Waals surface area (Å²) in [4.78, 5) is 4.38. The first-order valence-corrected chi connectivity index (χ1v) is 7.86. The minimum Gasteiger partial charge on any atom is -0.237 e. The average Bonchev–Trinajstić information content (AvgIpc) is 3.02. The van der Waals surface area contributed by atoms with E-state index in [4.69, 9.17) is 0 Å². The van der Waals surface area contributed by atoms with E-state index >= 15 is 0 Å². The SMILES string of the molecule is Fc1ccc(-c2csc(C=Cc3cccc(C(F)(F)F)c3)n2)cc1. The highest BCUT2D eigenvalue weighted by Gasteiger charge is 2.30. The Kier molecular flexibility index (Phi) is 4.49. The Hall–Kier alpha value is -2.47. The molecule has 0 aliphatic heterocycles. The standard InChI is InChI=1S/C18H11F4NS/c19-15-7-5-13(6-8-15)16-11-24-17(23-16)9-4-12-2-1-3-14(10-12)18(20,21)22/h1-11H. The smallest absolute Gasteiger partial charge is 0.237 e. The first kappa shape index (κ1) is 16.4. The van der Waals surface area contributed by atoms with Crippen molar-refractivity contribution in [2.75, 3.05) is 0 Å². The van der Waals surface area contributed by atoms with Crippen LogP contribution >= 0.6 is 11.3 Å². The summed E-state index contributed by atoms with van der Waals surface area (Å²) in [6.07, 6.45) is -1.11. The summed E-state index contributed by atoms with van der Waals surface area (Å²) >= 11 is 1.36. The van der Waals surface area contributed by atoms with Crippen LogP contribution in [0.1, 0.15) is 16.1 Å². The summed E-state index contributed by atoms with van der Waals surface area (Å²) in [5, 5.41) is 2.48. The van der Waals surface area contributed by atoms with Gasteiger partial charge in [0.05, 0.1) is 11.3 Å². The lowest BCUT2D eigenvalue weighted by atomic mass is 10.1. The molecule has 1 aromatic heterocycles. The molecule has 0 radical (unpaired) electrons. The largest absolute Gasteiger partial charge is 0.416 e. The van der Waals surface area contributed by atoms with Crippen molar-refractivity contribution in [2.45, 2.75) is 6.18 Å². The Morgan fingerprint density at radius 2 is 1.71 bits per heavy atom. The van der Waals surface area contributed by atoms with E-state index in [2.05, 4.69) is 4.98 Å². The molecule has 0 aliphatic rings. The van der Waals surface area contributed by atoms with Crippen LogP contribution in [0.5, 0.6) is 0 Å². The van der Waals surface area contributed by atoms with Crippen molar-refractivity contribution in [2.24, 2.45) is 0 Å². The van der Waals surface area contributed by atoms with Crippen LogP contribution in [0.15, 0.2) is 53.9 Å². The minimum absolute atomic E-state index is 0.321. The van der Waals surface area contributed by atoms with Gasteiger partial charge in [0.15, 0.2) is 0 Å². The third kappa shape index (κ3) is 3.89. The molecule has 0 unspecified atom stereocenters. The van der Waals surface area contributed by atoms with E-state index in [1.807, 2.05) is 5.38 Å².